The Balaban J connectivity index is 0. The van der Waals surface area contributed by atoms with Gasteiger partial charge in [-0.2, -0.15) is 0 Å². The zero-order valence-corrected chi connectivity index (χ0v) is 15.4. The largest absolute Gasteiger partial charge is 0 e. The Labute approximate surface area is 116 Å². The molecule has 5 heavy (non-hydrogen) atoms. The summed E-state index contributed by atoms with van der Waals surface area (Å²) in [5, 5.41) is 0. The van der Waals surface area contributed by atoms with Gasteiger partial charge in [-0.05, 0) is 0 Å². The van der Waals surface area contributed by atoms with Gasteiger partial charge >= 0.3 is 0 Å². The minimum absolute atomic E-state index is 0. The van der Waals surface area contributed by atoms with E-state index in [1.165, 1.54) is 0 Å². The van der Waals surface area contributed by atoms with E-state index in [1.54, 1.807) is 0 Å². The fraction of sp³-hybridized carbons (Fsp3) is 0. The van der Waals surface area contributed by atoms with Crippen molar-refractivity contribution >= 4 is 0 Å². The fourth-order valence-corrected chi connectivity index (χ4v) is 0. The van der Waals surface area contributed by atoms with Gasteiger partial charge in [0.05, 0.1) is 0 Å². The molecular formula is HfNbTaTiZr. The van der Waals surface area contributed by atoms with Crippen molar-refractivity contribution in [3.05, 3.63) is 0 Å². The molecular weight excluding hydrogens is 591 g/mol. The van der Waals surface area contributed by atoms with Gasteiger partial charge in [-0.3, -0.25) is 0 Å². The molecule has 0 rings (SSSR count). The van der Waals surface area contributed by atoms with Crippen molar-refractivity contribution < 1.29 is 119 Å². The van der Waals surface area contributed by atoms with Crippen LogP contribution in [-0.4, -0.2) is 0 Å². The van der Waals surface area contributed by atoms with E-state index in [0.29, 0.717) is 0 Å². The Morgan fingerprint density at radius 1 is 1.00 bits per heavy atom. The van der Waals surface area contributed by atoms with Gasteiger partial charge < -0.3 is 0 Å². The Kier molecular flexibility index (Phi) is 179. The van der Waals surface area contributed by atoms with Crippen LogP contribution in [0.25, 0.3) is 0 Å². The third kappa shape index (κ3) is 18.0. The van der Waals surface area contributed by atoms with Crippen molar-refractivity contribution in [3.8, 4) is 0 Å². The van der Waals surface area contributed by atoms with Crippen molar-refractivity contribution in [2.24, 2.45) is 0 Å². The Hall–Kier alpha value is 3.95. The maximum absolute atomic E-state index is 0. The molecule has 0 N–H and O–H groups in total. The number of rotatable bonds is 0. The summed E-state index contributed by atoms with van der Waals surface area (Å²) >= 11 is 0. The number of hydrogen-bond acceptors (Lipinski definition) is 0. The second kappa shape index (κ2) is 24.6. The summed E-state index contributed by atoms with van der Waals surface area (Å²) in [5.41, 5.74) is 0. The van der Waals surface area contributed by atoms with Crippen LogP contribution in [0.3, 0.4) is 0 Å². The summed E-state index contributed by atoms with van der Waals surface area (Å²) in [6, 6.07) is 0. The smallest absolute Gasteiger partial charge is 0 e. The normalized spacial score (nSPS) is 0. The first-order chi connectivity index (χ1) is 0. The maximum atomic E-state index is 0. The predicted octanol–water partition coefficient (Wildman–Crippen LogP) is -0.0125. The molecule has 0 heterocycles. The van der Waals surface area contributed by atoms with Crippen LogP contribution in [0.15, 0.2) is 0 Å². The molecule has 0 unspecified atom stereocenters. The molecule has 0 nitrogen and oxygen atoms in total. The second-order valence-electron chi connectivity index (χ2n) is 0. The average molecular weight is 591 g/mol. The van der Waals surface area contributed by atoms with E-state index in [2.05, 4.69) is 0 Å². The van der Waals surface area contributed by atoms with Crippen LogP contribution in [0.5, 0.6) is 0 Å². The molecule has 0 aromatic heterocycles. The van der Waals surface area contributed by atoms with Gasteiger partial charge in [0.25, 0.3) is 0 Å². The van der Waals surface area contributed by atoms with E-state index in [9.17, 15) is 0 Å². The van der Waals surface area contributed by atoms with E-state index < -0.39 is 0 Å². The topological polar surface area (TPSA) is 0 Å². The molecule has 0 aromatic carbocycles. The van der Waals surface area contributed by atoms with Crippen LogP contribution in [0.1, 0.15) is 0 Å². The van der Waals surface area contributed by atoms with Crippen LogP contribution in [-0.2, 0) is 119 Å². The zero-order valence-electron chi connectivity index (χ0n) is 2.39. The number of hydrogen-bond donors (Lipinski definition) is 0. The average Bonchev–Trinajstić information content (AvgIpc) is 0. The van der Waals surface area contributed by atoms with Crippen LogP contribution < -0.4 is 0 Å². The maximum Gasteiger partial charge on any atom is 0 e. The Morgan fingerprint density at radius 2 is 1.00 bits per heavy atom. The standard InChI is InChI=1S/Hf.Nb.Ta.Ti.Zr. The minimum Gasteiger partial charge on any atom is 0 e. The molecule has 0 aliphatic rings. The van der Waals surface area contributed by atoms with Crippen molar-refractivity contribution in [1.82, 2.24) is 0 Å². The van der Waals surface area contributed by atoms with Crippen molar-refractivity contribution in [2.45, 2.75) is 0 Å². The molecule has 0 amide bonds. The van der Waals surface area contributed by atoms with Gasteiger partial charge in [0, 0.05) is 119 Å². The summed E-state index contributed by atoms with van der Waals surface area (Å²) in [6.45, 7) is 0. The molecule has 0 spiro atoms. The summed E-state index contributed by atoms with van der Waals surface area (Å²) in [4.78, 5) is 0. The van der Waals surface area contributed by atoms with Gasteiger partial charge in [0.1, 0.15) is 0 Å². The fourth-order valence-electron chi connectivity index (χ4n) is 0. The molecule has 0 bridgehead atoms. The molecule has 0 aliphatic heterocycles. The summed E-state index contributed by atoms with van der Waals surface area (Å²) in [6.07, 6.45) is 0. The summed E-state index contributed by atoms with van der Waals surface area (Å²) < 4.78 is 0. The zero-order chi connectivity index (χ0) is 0. The molecule has 0 atom stereocenters. The van der Waals surface area contributed by atoms with Crippen LogP contribution in [0.4, 0.5) is 0 Å². The van der Waals surface area contributed by atoms with Crippen molar-refractivity contribution in [1.29, 1.82) is 0 Å². The van der Waals surface area contributed by atoms with Gasteiger partial charge in [-0.1, -0.05) is 0 Å². The molecule has 0 saturated heterocycles. The van der Waals surface area contributed by atoms with Crippen LogP contribution in [0.2, 0.25) is 0 Å². The Morgan fingerprint density at radius 3 is 1.00 bits per heavy atom. The molecule has 0 fully saturated rings. The first kappa shape index (κ1) is 36.3. The Bertz CT molecular complexity index is 11.6. The van der Waals surface area contributed by atoms with E-state index in [0.717, 1.165) is 0 Å². The summed E-state index contributed by atoms with van der Waals surface area (Å²) in [5.74, 6) is 0. The van der Waals surface area contributed by atoms with Gasteiger partial charge in [-0.15, -0.1) is 0 Å². The van der Waals surface area contributed by atoms with Crippen LogP contribution >= 0.6 is 0 Å². The first-order valence-electron chi connectivity index (χ1n) is 0. The molecule has 0 saturated carbocycles. The minimum atomic E-state index is 0. The second-order valence-corrected chi connectivity index (χ2v) is 0. The van der Waals surface area contributed by atoms with E-state index >= 15 is 0 Å². The molecule has 22 valence electrons. The first-order valence-corrected chi connectivity index (χ1v) is 0. The SMILES string of the molecule is [Hf].[Nb].[Ta].[Ti].[Zr]. The van der Waals surface area contributed by atoms with Crippen molar-refractivity contribution in [2.75, 3.05) is 0 Å². The third-order valence-corrected chi connectivity index (χ3v) is 0. The van der Waals surface area contributed by atoms with E-state index in [1.807, 2.05) is 0 Å². The van der Waals surface area contributed by atoms with Gasteiger partial charge in [0.15, 0.2) is 0 Å². The molecule has 5 heteroatoms. The van der Waals surface area contributed by atoms with E-state index in [4.69, 9.17) is 0 Å². The molecule has 0 aromatic rings. The van der Waals surface area contributed by atoms with E-state index in [-0.39, 0.29) is 119 Å². The monoisotopic (exact) mass is 592 g/mol. The third-order valence-electron chi connectivity index (χ3n) is 0. The molecule has 2 radical (unpaired) electrons. The van der Waals surface area contributed by atoms with Crippen LogP contribution in [0, 0.1) is 0 Å². The summed E-state index contributed by atoms with van der Waals surface area (Å²) in [7, 11) is 0. The quantitative estimate of drug-likeness (QED) is 0.348. The molecule has 0 aliphatic carbocycles. The van der Waals surface area contributed by atoms with Gasteiger partial charge in [0.2, 0.25) is 0 Å². The van der Waals surface area contributed by atoms with Crippen molar-refractivity contribution in [3.63, 3.8) is 0 Å². The van der Waals surface area contributed by atoms with Gasteiger partial charge in [-0.25, -0.2) is 0 Å². The predicted molar refractivity (Wildman–Crippen MR) is 0 cm³/mol.